The van der Waals surface area contributed by atoms with Crippen LogP contribution in [0.1, 0.15) is 26.2 Å². The summed E-state index contributed by atoms with van der Waals surface area (Å²) >= 11 is 0. The largest absolute Gasteiger partial charge is 0.466 e. The van der Waals surface area contributed by atoms with Crippen LogP contribution in [0, 0.1) is 17.8 Å². The van der Waals surface area contributed by atoms with Gasteiger partial charge in [0.15, 0.2) is 5.82 Å². The van der Waals surface area contributed by atoms with Crippen molar-refractivity contribution in [3.8, 4) is 22.5 Å². The molecule has 176 valence electrons. The summed E-state index contributed by atoms with van der Waals surface area (Å²) in [4.78, 5) is 31.1. The van der Waals surface area contributed by atoms with Gasteiger partial charge in [-0.05, 0) is 55.2 Å². The molecule has 35 heavy (non-hydrogen) atoms. The van der Waals surface area contributed by atoms with E-state index in [1.165, 1.54) is 6.33 Å². The second-order valence-corrected chi connectivity index (χ2v) is 9.37. The van der Waals surface area contributed by atoms with Crippen molar-refractivity contribution in [2.75, 3.05) is 11.9 Å². The van der Waals surface area contributed by atoms with Crippen molar-refractivity contribution in [1.29, 1.82) is 0 Å². The number of ether oxygens (including phenoxy) is 1. The number of esters is 1. The molecule has 6 rings (SSSR count). The van der Waals surface area contributed by atoms with E-state index in [-0.39, 0.29) is 17.9 Å². The summed E-state index contributed by atoms with van der Waals surface area (Å²) < 4.78 is 5.49. The van der Waals surface area contributed by atoms with Crippen molar-refractivity contribution >= 4 is 22.7 Å². The van der Waals surface area contributed by atoms with Gasteiger partial charge in [0, 0.05) is 18.4 Å². The van der Waals surface area contributed by atoms with E-state index in [1.54, 1.807) is 12.4 Å². The van der Waals surface area contributed by atoms with E-state index in [0.717, 1.165) is 52.7 Å². The van der Waals surface area contributed by atoms with Crippen LogP contribution in [0.4, 0.5) is 5.82 Å². The highest BCUT2D eigenvalue weighted by molar-refractivity contribution is 6.02. The molecule has 2 heterocycles. The molecule has 0 spiro atoms. The zero-order valence-corrected chi connectivity index (χ0v) is 19.6. The summed E-state index contributed by atoms with van der Waals surface area (Å²) in [5.41, 5.74) is 3.73. The molecule has 0 radical (unpaired) electrons. The van der Waals surface area contributed by atoms with Crippen molar-refractivity contribution in [3.05, 3.63) is 67.3 Å². The molecule has 2 aromatic carbocycles. The van der Waals surface area contributed by atoms with E-state index in [0.29, 0.717) is 24.3 Å². The number of carbonyl (C=O) groups excluding carboxylic acids is 1. The number of carbonyl (C=O) groups is 1. The molecule has 2 saturated carbocycles. The smallest absolute Gasteiger partial charge is 0.311 e. The number of hydrogen-bond acceptors (Lipinski definition) is 7. The number of nitrogens with zero attached hydrogens (tertiary/aromatic N) is 4. The molecule has 2 aromatic heterocycles. The van der Waals surface area contributed by atoms with Gasteiger partial charge in [-0.15, -0.1) is 0 Å². The van der Waals surface area contributed by atoms with Gasteiger partial charge in [0.2, 0.25) is 0 Å². The lowest BCUT2D eigenvalue weighted by molar-refractivity contribution is -0.150. The molecule has 0 saturated heterocycles. The molecule has 2 aliphatic carbocycles. The molecule has 4 atom stereocenters. The summed E-state index contributed by atoms with van der Waals surface area (Å²) in [6, 6.07) is 16.4. The average molecular weight is 466 g/mol. The number of benzene rings is 2. The van der Waals surface area contributed by atoms with Crippen molar-refractivity contribution in [3.63, 3.8) is 0 Å². The Hall–Kier alpha value is -3.87. The summed E-state index contributed by atoms with van der Waals surface area (Å²) in [5.74, 6) is 1.82. The Kier molecular flexibility index (Phi) is 5.60. The van der Waals surface area contributed by atoms with Gasteiger partial charge in [-0.2, -0.15) is 0 Å². The number of anilines is 1. The van der Waals surface area contributed by atoms with E-state index >= 15 is 0 Å². The highest BCUT2D eigenvalue weighted by Gasteiger charge is 2.51. The minimum Gasteiger partial charge on any atom is -0.466 e. The van der Waals surface area contributed by atoms with Gasteiger partial charge in [-0.25, -0.2) is 19.9 Å². The first kappa shape index (κ1) is 21.6. The number of hydrogen-bond donors (Lipinski definition) is 1. The van der Waals surface area contributed by atoms with E-state index in [9.17, 15) is 4.79 Å². The summed E-state index contributed by atoms with van der Waals surface area (Å²) in [6.45, 7) is 2.26. The average Bonchev–Trinajstić information content (AvgIpc) is 3.51. The van der Waals surface area contributed by atoms with Crippen molar-refractivity contribution in [2.24, 2.45) is 17.8 Å². The Bertz CT molecular complexity index is 1360. The summed E-state index contributed by atoms with van der Waals surface area (Å²) in [5, 5.41) is 4.68. The van der Waals surface area contributed by atoms with E-state index in [4.69, 9.17) is 14.7 Å². The lowest BCUT2D eigenvalue weighted by Gasteiger charge is -2.31. The SMILES string of the molecule is CCOC(=O)[C@@H]1C2CCC(C2)[C@@H]1Nc1nc(-c2cncnc2)nc2cccc(-c3ccccc3)c12. The maximum Gasteiger partial charge on any atom is 0.311 e. The Balaban J connectivity index is 1.51. The first-order valence-electron chi connectivity index (χ1n) is 12.3. The number of fused-ring (bicyclic) bond motifs is 3. The van der Waals surface area contributed by atoms with Crippen LogP contribution in [-0.2, 0) is 9.53 Å². The van der Waals surface area contributed by atoms with Gasteiger partial charge in [0.05, 0.1) is 29.0 Å². The molecular weight excluding hydrogens is 438 g/mol. The normalized spacial score (nSPS) is 22.9. The number of rotatable bonds is 6. The molecule has 0 aliphatic heterocycles. The minimum atomic E-state index is -0.161. The third-order valence-corrected chi connectivity index (χ3v) is 7.41. The standard InChI is InChI=1S/C28H27N5O2/c1-2-35-28(34)23-18-11-12-19(13-18)25(23)32-27-24-21(17-7-4-3-5-8-17)9-6-10-22(24)31-26(33-27)20-14-29-16-30-15-20/h3-10,14-16,18-19,23,25H,2,11-13H2,1H3,(H,31,32,33)/t18?,19?,23-,25+/m1/s1. The third-order valence-electron chi connectivity index (χ3n) is 7.41. The fourth-order valence-corrected chi connectivity index (χ4v) is 5.92. The lowest BCUT2D eigenvalue weighted by atomic mass is 9.84. The van der Waals surface area contributed by atoms with E-state index in [2.05, 4.69) is 33.5 Å². The second-order valence-electron chi connectivity index (χ2n) is 9.37. The van der Waals surface area contributed by atoms with Crippen molar-refractivity contribution in [2.45, 2.75) is 32.2 Å². The Morgan fingerprint density at radius 1 is 0.971 bits per heavy atom. The van der Waals surface area contributed by atoms with Gasteiger partial charge in [-0.1, -0.05) is 42.5 Å². The molecule has 4 aromatic rings. The molecular formula is C28H27N5O2. The monoisotopic (exact) mass is 465 g/mol. The molecule has 2 unspecified atom stereocenters. The molecule has 2 fully saturated rings. The Labute approximate surface area is 204 Å². The van der Waals surface area contributed by atoms with E-state index < -0.39 is 0 Å². The van der Waals surface area contributed by atoms with Crippen LogP contribution in [0.3, 0.4) is 0 Å². The Morgan fingerprint density at radius 2 is 1.77 bits per heavy atom. The highest BCUT2D eigenvalue weighted by Crippen LogP contribution is 2.50. The quantitative estimate of drug-likeness (QED) is 0.394. The fourth-order valence-electron chi connectivity index (χ4n) is 5.92. The molecule has 1 N–H and O–H groups in total. The maximum atomic E-state index is 13.0. The molecule has 2 bridgehead atoms. The predicted octanol–water partition coefficient (Wildman–Crippen LogP) is 5.14. The highest BCUT2D eigenvalue weighted by atomic mass is 16.5. The van der Waals surface area contributed by atoms with Gasteiger partial charge in [0.25, 0.3) is 0 Å². The van der Waals surface area contributed by atoms with Gasteiger partial charge in [-0.3, -0.25) is 4.79 Å². The first-order valence-corrected chi connectivity index (χ1v) is 12.3. The zero-order valence-electron chi connectivity index (χ0n) is 19.6. The fraction of sp³-hybridized carbons (Fsp3) is 0.321. The first-order chi connectivity index (χ1) is 17.2. The Morgan fingerprint density at radius 3 is 2.57 bits per heavy atom. The second kappa shape index (κ2) is 9.06. The molecule has 7 nitrogen and oxygen atoms in total. The van der Waals surface area contributed by atoms with Crippen molar-refractivity contribution < 1.29 is 9.53 Å². The number of aromatic nitrogens is 4. The van der Waals surface area contributed by atoms with Crippen LogP contribution < -0.4 is 5.32 Å². The third kappa shape index (κ3) is 3.91. The van der Waals surface area contributed by atoms with Crippen LogP contribution in [-0.4, -0.2) is 38.6 Å². The van der Waals surface area contributed by atoms with E-state index in [1.807, 2.05) is 37.3 Å². The lowest BCUT2D eigenvalue weighted by Crippen LogP contribution is -2.40. The van der Waals surface area contributed by atoms with Crippen LogP contribution in [0.5, 0.6) is 0 Å². The molecule has 2 aliphatic rings. The van der Waals surface area contributed by atoms with Crippen LogP contribution >= 0.6 is 0 Å². The van der Waals surface area contributed by atoms with Gasteiger partial charge >= 0.3 is 5.97 Å². The number of nitrogens with one attached hydrogen (secondary N) is 1. The topological polar surface area (TPSA) is 89.9 Å². The van der Waals surface area contributed by atoms with Gasteiger partial charge < -0.3 is 10.1 Å². The van der Waals surface area contributed by atoms with Crippen molar-refractivity contribution in [1.82, 2.24) is 19.9 Å². The molecule has 7 heteroatoms. The molecule has 0 amide bonds. The maximum absolute atomic E-state index is 13.0. The zero-order chi connectivity index (χ0) is 23.8. The van der Waals surface area contributed by atoms with Crippen LogP contribution in [0.15, 0.2) is 67.3 Å². The predicted molar refractivity (Wildman–Crippen MR) is 134 cm³/mol. The van der Waals surface area contributed by atoms with Crippen LogP contribution in [0.25, 0.3) is 33.4 Å². The minimum absolute atomic E-state index is 0.0189. The summed E-state index contributed by atoms with van der Waals surface area (Å²) in [7, 11) is 0. The van der Waals surface area contributed by atoms with Crippen LogP contribution in [0.2, 0.25) is 0 Å². The van der Waals surface area contributed by atoms with Gasteiger partial charge in [0.1, 0.15) is 12.1 Å². The summed E-state index contributed by atoms with van der Waals surface area (Å²) in [6.07, 6.45) is 8.19.